The summed E-state index contributed by atoms with van der Waals surface area (Å²) in [7, 11) is 0. The minimum atomic E-state index is -0.476. The van der Waals surface area contributed by atoms with Crippen molar-refractivity contribution >= 4 is 40.1 Å². The fourth-order valence-corrected chi connectivity index (χ4v) is 2.87. The van der Waals surface area contributed by atoms with Crippen LogP contribution in [0.3, 0.4) is 0 Å². The van der Waals surface area contributed by atoms with Gasteiger partial charge in [-0.05, 0) is 35.7 Å². The van der Waals surface area contributed by atoms with Crippen LogP contribution >= 0.6 is 11.6 Å². The summed E-state index contributed by atoms with van der Waals surface area (Å²) in [5.74, 6) is -0.934. The fraction of sp³-hybridized carbons (Fsp3) is 0.150. The molecule has 3 rings (SSSR count). The van der Waals surface area contributed by atoms with Gasteiger partial charge in [0.25, 0.3) is 5.91 Å². The Morgan fingerprint density at radius 2 is 2.00 bits per heavy atom. The first kappa shape index (κ1) is 18.5. The lowest BCUT2D eigenvalue weighted by Gasteiger charge is -2.08. The van der Waals surface area contributed by atoms with Gasteiger partial charge in [0.1, 0.15) is 6.07 Å². The van der Waals surface area contributed by atoms with Crippen molar-refractivity contribution in [2.75, 3.05) is 11.9 Å². The predicted molar refractivity (Wildman–Crippen MR) is 102 cm³/mol. The zero-order valence-corrected chi connectivity index (χ0v) is 15.1. The number of carbonyl (C=O) groups excluding carboxylic acids is 2. The highest BCUT2D eigenvalue weighted by Crippen LogP contribution is 2.20. The number of nitriles is 1. The van der Waals surface area contributed by atoms with E-state index in [4.69, 9.17) is 21.6 Å². The molecule has 7 heteroatoms. The maximum atomic E-state index is 11.9. The number of benzene rings is 2. The zero-order chi connectivity index (χ0) is 19.2. The summed E-state index contributed by atoms with van der Waals surface area (Å²) in [6.07, 6.45) is 2.08. The third kappa shape index (κ3) is 4.66. The van der Waals surface area contributed by atoms with E-state index in [1.807, 2.05) is 47.2 Å². The summed E-state index contributed by atoms with van der Waals surface area (Å²) in [6.45, 7) is 0.0854. The molecular formula is C20H16ClN3O3. The molecule has 136 valence electrons. The Balaban J connectivity index is 1.47. The maximum absolute atomic E-state index is 11.9. The molecule has 0 aliphatic rings. The first-order valence-electron chi connectivity index (χ1n) is 8.26. The molecule has 27 heavy (non-hydrogen) atoms. The molecule has 0 radical (unpaired) electrons. The smallest absolute Gasteiger partial charge is 0.308 e. The van der Waals surface area contributed by atoms with Gasteiger partial charge < -0.3 is 14.6 Å². The average Bonchev–Trinajstić information content (AvgIpc) is 3.08. The van der Waals surface area contributed by atoms with Gasteiger partial charge in [0.2, 0.25) is 0 Å². The van der Waals surface area contributed by atoms with Gasteiger partial charge in [-0.25, -0.2) is 0 Å². The van der Waals surface area contributed by atoms with Crippen LogP contribution in [0.15, 0.2) is 54.7 Å². The maximum Gasteiger partial charge on any atom is 0.308 e. The van der Waals surface area contributed by atoms with E-state index in [1.165, 1.54) is 12.1 Å². The van der Waals surface area contributed by atoms with E-state index in [1.54, 1.807) is 6.07 Å². The third-order valence-corrected chi connectivity index (χ3v) is 4.29. The van der Waals surface area contributed by atoms with E-state index < -0.39 is 11.9 Å². The number of esters is 1. The number of nitrogens with one attached hydrogen (secondary N) is 1. The molecule has 0 unspecified atom stereocenters. The number of hydrogen-bond acceptors (Lipinski definition) is 4. The SMILES string of the molecule is N#Cc1ccc(NC(=O)COC(=O)CCn2ccc3ccccc32)cc1Cl. The van der Waals surface area contributed by atoms with Crippen molar-refractivity contribution < 1.29 is 14.3 Å². The minimum Gasteiger partial charge on any atom is -0.456 e. The summed E-state index contributed by atoms with van der Waals surface area (Å²) in [4.78, 5) is 23.8. The van der Waals surface area contributed by atoms with Crippen LogP contribution < -0.4 is 5.32 Å². The Kier molecular flexibility index (Phi) is 5.74. The van der Waals surface area contributed by atoms with Crippen molar-refractivity contribution in [2.45, 2.75) is 13.0 Å². The van der Waals surface area contributed by atoms with Gasteiger partial charge in [-0.1, -0.05) is 29.8 Å². The van der Waals surface area contributed by atoms with E-state index in [-0.39, 0.29) is 18.1 Å². The first-order valence-corrected chi connectivity index (χ1v) is 8.63. The van der Waals surface area contributed by atoms with Gasteiger partial charge >= 0.3 is 5.97 Å². The summed E-state index contributed by atoms with van der Waals surface area (Å²) < 4.78 is 6.98. The molecule has 0 fully saturated rings. The standard InChI is InChI=1S/C20H16ClN3O3/c21-17-11-16(6-5-15(17)12-22)23-19(25)13-27-20(26)8-10-24-9-7-14-3-1-2-4-18(14)24/h1-7,9,11H,8,10,13H2,(H,23,25). The fourth-order valence-electron chi connectivity index (χ4n) is 2.65. The van der Waals surface area contributed by atoms with E-state index in [0.717, 1.165) is 10.9 Å². The van der Waals surface area contributed by atoms with Crippen molar-refractivity contribution in [1.29, 1.82) is 5.26 Å². The molecule has 0 aliphatic heterocycles. The monoisotopic (exact) mass is 381 g/mol. The van der Waals surface area contributed by atoms with Crippen LogP contribution in [-0.4, -0.2) is 23.1 Å². The third-order valence-electron chi connectivity index (χ3n) is 3.97. The quantitative estimate of drug-likeness (QED) is 0.659. The Labute approximate surface area is 160 Å². The predicted octanol–water partition coefficient (Wildman–Crippen LogP) is 3.74. The highest BCUT2D eigenvalue weighted by Gasteiger charge is 2.10. The van der Waals surface area contributed by atoms with Crippen molar-refractivity contribution in [2.24, 2.45) is 0 Å². The molecule has 0 bridgehead atoms. The van der Waals surface area contributed by atoms with Gasteiger partial charge in [0, 0.05) is 23.9 Å². The van der Waals surface area contributed by atoms with Crippen LogP contribution in [0, 0.1) is 11.3 Å². The number of rotatable bonds is 6. The number of aryl methyl sites for hydroxylation is 1. The van der Waals surface area contributed by atoms with Gasteiger partial charge in [-0.15, -0.1) is 0 Å². The molecule has 2 aromatic carbocycles. The lowest BCUT2D eigenvalue weighted by molar-refractivity contribution is -0.147. The molecule has 3 aromatic rings. The number of aromatic nitrogens is 1. The number of ether oxygens (including phenoxy) is 1. The van der Waals surface area contributed by atoms with Crippen LogP contribution in [0.1, 0.15) is 12.0 Å². The van der Waals surface area contributed by atoms with Crippen molar-refractivity contribution in [3.05, 3.63) is 65.3 Å². The van der Waals surface area contributed by atoms with E-state index in [2.05, 4.69) is 5.32 Å². The van der Waals surface area contributed by atoms with E-state index in [9.17, 15) is 9.59 Å². The van der Waals surface area contributed by atoms with Crippen LogP contribution in [0.4, 0.5) is 5.69 Å². The molecular weight excluding hydrogens is 366 g/mol. The Hall–Kier alpha value is -3.30. The van der Waals surface area contributed by atoms with Crippen molar-refractivity contribution in [3.8, 4) is 6.07 Å². The topological polar surface area (TPSA) is 84.1 Å². The molecule has 0 aliphatic carbocycles. The van der Waals surface area contributed by atoms with Gasteiger partial charge in [0.05, 0.1) is 17.0 Å². The highest BCUT2D eigenvalue weighted by molar-refractivity contribution is 6.32. The average molecular weight is 382 g/mol. The van der Waals surface area contributed by atoms with Gasteiger partial charge in [-0.2, -0.15) is 5.26 Å². The number of amides is 1. The molecule has 1 N–H and O–H groups in total. The summed E-state index contributed by atoms with van der Waals surface area (Å²) >= 11 is 5.91. The summed E-state index contributed by atoms with van der Waals surface area (Å²) in [5.41, 5.74) is 1.79. The van der Waals surface area contributed by atoms with Gasteiger partial charge in [-0.3, -0.25) is 9.59 Å². The molecule has 0 saturated carbocycles. The van der Waals surface area contributed by atoms with Gasteiger partial charge in [0.15, 0.2) is 6.61 Å². The Morgan fingerprint density at radius 3 is 2.78 bits per heavy atom. The van der Waals surface area contributed by atoms with Crippen LogP contribution in [-0.2, 0) is 20.9 Å². The number of anilines is 1. The number of halogens is 1. The minimum absolute atomic E-state index is 0.161. The molecule has 6 nitrogen and oxygen atoms in total. The summed E-state index contributed by atoms with van der Waals surface area (Å²) in [5, 5.41) is 12.7. The number of fused-ring (bicyclic) bond motifs is 1. The van der Waals surface area contributed by atoms with E-state index >= 15 is 0 Å². The molecule has 0 spiro atoms. The summed E-state index contributed by atoms with van der Waals surface area (Å²) in [6, 6.07) is 16.3. The van der Waals surface area contributed by atoms with Crippen LogP contribution in [0.25, 0.3) is 10.9 Å². The zero-order valence-electron chi connectivity index (χ0n) is 14.3. The van der Waals surface area contributed by atoms with Crippen molar-refractivity contribution in [3.63, 3.8) is 0 Å². The molecule has 1 aromatic heterocycles. The second kappa shape index (κ2) is 8.39. The first-order chi connectivity index (χ1) is 13.1. The lowest BCUT2D eigenvalue weighted by Crippen LogP contribution is -2.21. The highest BCUT2D eigenvalue weighted by atomic mass is 35.5. The van der Waals surface area contributed by atoms with Crippen LogP contribution in [0.5, 0.6) is 0 Å². The largest absolute Gasteiger partial charge is 0.456 e. The van der Waals surface area contributed by atoms with E-state index in [0.29, 0.717) is 17.8 Å². The second-order valence-corrected chi connectivity index (χ2v) is 6.24. The molecule has 0 atom stereocenters. The molecule has 1 heterocycles. The molecule has 0 saturated heterocycles. The Morgan fingerprint density at radius 1 is 1.19 bits per heavy atom. The molecule has 1 amide bonds. The number of para-hydroxylation sites is 1. The number of nitrogens with zero attached hydrogens (tertiary/aromatic N) is 2. The normalized spacial score (nSPS) is 10.4. The van der Waals surface area contributed by atoms with Crippen molar-refractivity contribution in [1.82, 2.24) is 4.57 Å². The lowest BCUT2D eigenvalue weighted by atomic mass is 10.2. The number of carbonyl (C=O) groups is 2. The van der Waals surface area contributed by atoms with Crippen LogP contribution in [0.2, 0.25) is 5.02 Å². The Bertz CT molecular complexity index is 1040. The second-order valence-electron chi connectivity index (χ2n) is 5.83. The number of hydrogen-bond donors (Lipinski definition) is 1.